The fraction of sp³-hybridized carbons (Fsp3) is 0.273. The topological polar surface area (TPSA) is 12.5 Å². The van der Waals surface area contributed by atoms with E-state index in [0.717, 1.165) is 6.61 Å². The Kier molecular flexibility index (Phi) is 1.55. The molecule has 0 radical (unpaired) electrons. The highest BCUT2D eigenvalue weighted by molar-refractivity contribution is 5.33. The molecule has 1 aromatic rings. The van der Waals surface area contributed by atoms with Gasteiger partial charge in [0, 0.05) is 0 Å². The Balaban J connectivity index is 2.35. The van der Waals surface area contributed by atoms with Crippen molar-refractivity contribution in [3.63, 3.8) is 0 Å². The van der Waals surface area contributed by atoms with E-state index >= 15 is 0 Å². The molecule has 1 unspecified atom stereocenters. The SMILES string of the molecule is C=CC1(c2ccc(C)cc2)CO1. The average Bonchev–Trinajstić information content (AvgIpc) is 2.86. The lowest BCUT2D eigenvalue weighted by atomic mass is 9.99. The Labute approximate surface area is 72.7 Å². The zero-order valence-electron chi connectivity index (χ0n) is 7.21. The van der Waals surface area contributed by atoms with Crippen molar-refractivity contribution in [2.45, 2.75) is 12.5 Å². The van der Waals surface area contributed by atoms with Crippen LogP contribution in [-0.4, -0.2) is 6.61 Å². The summed E-state index contributed by atoms with van der Waals surface area (Å²) in [7, 11) is 0. The molecule has 1 heterocycles. The Morgan fingerprint density at radius 2 is 2.00 bits per heavy atom. The normalized spacial score (nSPS) is 26.8. The van der Waals surface area contributed by atoms with E-state index in [9.17, 15) is 0 Å². The molecule has 12 heavy (non-hydrogen) atoms. The minimum absolute atomic E-state index is 0.159. The number of ether oxygens (including phenoxy) is 1. The first-order valence-electron chi connectivity index (χ1n) is 4.11. The molecule has 62 valence electrons. The van der Waals surface area contributed by atoms with Gasteiger partial charge in [-0.3, -0.25) is 0 Å². The zero-order valence-corrected chi connectivity index (χ0v) is 7.21. The highest BCUT2D eigenvalue weighted by Crippen LogP contribution is 2.39. The third-order valence-corrected chi connectivity index (χ3v) is 2.33. The van der Waals surface area contributed by atoms with E-state index in [1.807, 2.05) is 6.08 Å². The van der Waals surface area contributed by atoms with E-state index < -0.39 is 0 Å². The van der Waals surface area contributed by atoms with Crippen molar-refractivity contribution in [2.24, 2.45) is 0 Å². The van der Waals surface area contributed by atoms with E-state index in [1.54, 1.807) is 0 Å². The average molecular weight is 160 g/mol. The van der Waals surface area contributed by atoms with Gasteiger partial charge in [0.15, 0.2) is 0 Å². The molecule has 0 amide bonds. The molecular formula is C11H12O. The largest absolute Gasteiger partial charge is 0.360 e. The van der Waals surface area contributed by atoms with Crippen LogP contribution in [0.2, 0.25) is 0 Å². The van der Waals surface area contributed by atoms with Crippen LogP contribution < -0.4 is 0 Å². The molecule has 1 nitrogen and oxygen atoms in total. The molecule has 0 aliphatic carbocycles. The van der Waals surface area contributed by atoms with Gasteiger partial charge in [-0.1, -0.05) is 42.5 Å². The van der Waals surface area contributed by atoms with Crippen molar-refractivity contribution >= 4 is 0 Å². The van der Waals surface area contributed by atoms with Gasteiger partial charge in [-0.25, -0.2) is 0 Å². The molecule has 0 aromatic heterocycles. The van der Waals surface area contributed by atoms with E-state index in [0.29, 0.717) is 0 Å². The summed E-state index contributed by atoms with van der Waals surface area (Å²) in [5.74, 6) is 0. The smallest absolute Gasteiger partial charge is 0.134 e. The second-order valence-electron chi connectivity index (χ2n) is 3.25. The molecule has 1 aliphatic rings. The number of benzene rings is 1. The van der Waals surface area contributed by atoms with Gasteiger partial charge in [0.25, 0.3) is 0 Å². The van der Waals surface area contributed by atoms with E-state index in [1.165, 1.54) is 11.1 Å². The minimum Gasteiger partial charge on any atom is -0.360 e. The quantitative estimate of drug-likeness (QED) is 0.478. The maximum absolute atomic E-state index is 5.35. The van der Waals surface area contributed by atoms with Crippen LogP contribution in [-0.2, 0) is 10.3 Å². The first-order chi connectivity index (χ1) is 5.77. The predicted molar refractivity (Wildman–Crippen MR) is 49.0 cm³/mol. The highest BCUT2D eigenvalue weighted by Gasteiger charge is 2.43. The summed E-state index contributed by atoms with van der Waals surface area (Å²) in [6.45, 7) is 6.63. The maximum Gasteiger partial charge on any atom is 0.134 e. The van der Waals surface area contributed by atoms with Crippen molar-refractivity contribution in [3.05, 3.63) is 48.0 Å². The number of hydrogen-bond acceptors (Lipinski definition) is 1. The highest BCUT2D eigenvalue weighted by atomic mass is 16.6. The standard InChI is InChI=1S/C11H12O/c1-3-11(8-12-11)10-6-4-9(2)5-7-10/h3-7H,1,8H2,2H3. The Hall–Kier alpha value is -1.08. The van der Waals surface area contributed by atoms with Gasteiger partial charge < -0.3 is 4.74 Å². The summed E-state index contributed by atoms with van der Waals surface area (Å²) < 4.78 is 5.35. The van der Waals surface area contributed by atoms with Gasteiger partial charge in [0.2, 0.25) is 0 Å². The molecule has 2 rings (SSSR count). The molecule has 0 spiro atoms. The zero-order chi connectivity index (χ0) is 8.60. The van der Waals surface area contributed by atoms with Crippen molar-refractivity contribution in [1.29, 1.82) is 0 Å². The third-order valence-electron chi connectivity index (χ3n) is 2.33. The van der Waals surface area contributed by atoms with Crippen molar-refractivity contribution in [3.8, 4) is 0 Å². The maximum atomic E-state index is 5.35. The summed E-state index contributed by atoms with van der Waals surface area (Å²) in [6, 6.07) is 8.40. The monoisotopic (exact) mass is 160 g/mol. The Morgan fingerprint density at radius 3 is 2.42 bits per heavy atom. The molecule has 1 aliphatic heterocycles. The van der Waals surface area contributed by atoms with E-state index in [-0.39, 0.29) is 5.60 Å². The van der Waals surface area contributed by atoms with Crippen LogP contribution in [0, 0.1) is 6.92 Å². The van der Waals surface area contributed by atoms with Crippen LogP contribution in [0.15, 0.2) is 36.9 Å². The van der Waals surface area contributed by atoms with Crippen molar-refractivity contribution < 1.29 is 4.74 Å². The molecule has 1 fully saturated rings. The lowest BCUT2D eigenvalue weighted by molar-refractivity contribution is 0.357. The lowest BCUT2D eigenvalue weighted by Crippen LogP contribution is -2.03. The lowest BCUT2D eigenvalue weighted by Gasteiger charge is -2.05. The number of epoxide rings is 1. The summed E-state index contributed by atoms with van der Waals surface area (Å²) in [5, 5.41) is 0. The minimum atomic E-state index is -0.159. The number of hydrogen-bond donors (Lipinski definition) is 0. The van der Waals surface area contributed by atoms with Crippen LogP contribution in [0.4, 0.5) is 0 Å². The van der Waals surface area contributed by atoms with Crippen LogP contribution in [0.1, 0.15) is 11.1 Å². The summed E-state index contributed by atoms with van der Waals surface area (Å²) in [6.07, 6.45) is 1.87. The van der Waals surface area contributed by atoms with Gasteiger partial charge >= 0.3 is 0 Å². The first-order valence-corrected chi connectivity index (χ1v) is 4.11. The predicted octanol–water partition coefficient (Wildman–Crippen LogP) is 2.41. The van der Waals surface area contributed by atoms with Crippen molar-refractivity contribution in [1.82, 2.24) is 0 Å². The number of aryl methyl sites for hydroxylation is 1. The second kappa shape index (κ2) is 2.46. The molecule has 0 bridgehead atoms. The fourth-order valence-corrected chi connectivity index (χ4v) is 1.32. The van der Waals surface area contributed by atoms with E-state index in [4.69, 9.17) is 4.74 Å². The summed E-state index contributed by atoms with van der Waals surface area (Å²) in [5.41, 5.74) is 2.33. The second-order valence-corrected chi connectivity index (χ2v) is 3.25. The Morgan fingerprint density at radius 1 is 1.42 bits per heavy atom. The molecule has 1 heteroatoms. The molecule has 0 saturated carbocycles. The third kappa shape index (κ3) is 1.07. The molecular weight excluding hydrogens is 148 g/mol. The van der Waals surface area contributed by atoms with Gasteiger partial charge in [-0.15, -0.1) is 0 Å². The Bertz CT molecular complexity index is 293. The van der Waals surface area contributed by atoms with Crippen LogP contribution >= 0.6 is 0 Å². The van der Waals surface area contributed by atoms with Gasteiger partial charge in [-0.05, 0) is 12.5 Å². The van der Waals surface area contributed by atoms with Crippen molar-refractivity contribution in [2.75, 3.05) is 6.61 Å². The van der Waals surface area contributed by atoms with Gasteiger partial charge in [0.05, 0.1) is 6.61 Å². The molecule has 1 aromatic carbocycles. The van der Waals surface area contributed by atoms with Crippen LogP contribution in [0.25, 0.3) is 0 Å². The fourth-order valence-electron chi connectivity index (χ4n) is 1.32. The first kappa shape index (κ1) is 7.56. The van der Waals surface area contributed by atoms with Crippen LogP contribution in [0.5, 0.6) is 0 Å². The molecule has 0 N–H and O–H groups in total. The van der Waals surface area contributed by atoms with Gasteiger partial charge in [0.1, 0.15) is 5.60 Å². The number of rotatable bonds is 2. The summed E-state index contributed by atoms with van der Waals surface area (Å²) in [4.78, 5) is 0. The molecule has 1 saturated heterocycles. The molecule has 1 atom stereocenters. The summed E-state index contributed by atoms with van der Waals surface area (Å²) >= 11 is 0. The van der Waals surface area contributed by atoms with E-state index in [2.05, 4.69) is 37.8 Å². The van der Waals surface area contributed by atoms with Gasteiger partial charge in [-0.2, -0.15) is 0 Å². The van der Waals surface area contributed by atoms with Crippen LogP contribution in [0.3, 0.4) is 0 Å².